The molecule has 0 radical (unpaired) electrons. The van der Waals surface area contributed by atoms with E-state index in [9.17, 15) is 0 Å². The maximum absolute atomic E-state index is 8.99. The predicted octanol–water partition coefficient (Wildman–Crippen LogP) is 2.23. The van der Waals surface area contributed by atoms with Gasteiger partial charge in [0, 0.05) is 19.6 Å². The molecule has 3 nitrogen and oxygen atoms in total. The zero-order chi connectivity index (χ0) is 12.4. The van der Waals surface area contributed by atoms with Gasteiger partial charge in [-0.1, -0.05) is 6.08 Å². The van der Waals surface area contributed by atoms with Crippen molar-refractivity contribution < 1.29 is 9.84 Å². The summed E-state index contributed by atoms with van der Waals surface area (Å²) in [6.07, 6.45) is 11.5. The number of rotatable bonds is 2. The maximum atomic E-state index is 8.99. The maximum Gasteiger partial charge on any atom is 0.119 e. The van der Waals surface area contributed by atoms with Crippen molar-refractivity contribution in [2.24, 2.45) is 0 Å². The number of hydrogen-bond acceptors (Lipinski definition) is 3. The Bertz CT molecular complexity index is 365. The second-order valence-electron chi connectivity index (χ2n) is 5.73. The summed E-state index contributed by atoms with van der Waals surface area (Å²) in [4.78, 5) is 2.34. The van der Waals surface area contributed by atoms with Gasteiger partial charge in [0.25, 0.3) is 0 Å². The molecule has 0 saturated carbocycles. The first-order valence-corrected chi connectivity index (χ1v) is 7.23. The first kappa shape index (κ1) is 12.2. The third kappa shape index (κ3) is 2.34. The molecular formula is C15H23NO2. The number of piperidine rings is 1. The van der Waals surface area contributed by atoms with E-state index in [0.29, 0.717) is 0 Å². The summed E-state index contributed by atoms with van der Waals surface area (Å²) in [5.74, 6) is 1.17. The van der Waals surface area contributed by atoms with Gasteiger partial charge in [-0.2, -0.15) is 0 Å². The molecule has 3 rings (SSSR count). The van der Waals surface area contributed by atoms with Gasteiger partial charge in [0.1, 0.15) is 11.4 Å². The number of hydrogen-bond donors (Lipinski definition) is 1. The molecule has 2 saturated heterocycles. The van der Waals surface area contributed by atoms with Crippen LogP contribution >= 0.6 is 0 Å². The summed E-state index contributed by atoms with van der Waals surface area (Å²) in [5, 5.41) is 8.99. The highest BCUT2D eigenvalue weighted by atomic mass is 16.5. The Morgan fingerprint density at radius 1 is 1.17 bits per heavy atom. The molecule has 2 heterocycles. The van der Waals surface area contributed by atoms with Crippen molar-refractivity contribution in [3.05, 3.63) is 23.5 Å². The Morgan fingerprint density at radius 2 is 1.94 bits per heavy atom. The molecule has 0 aromatic carbocycles. The number of fused-ring (bicyclic) bond motifs is 1. The van der Waals surface area contributed by atoms with E-state index < -0.39 is 0 Å². The fraction of sp³-hybridized carbons (Fsp3) is 0.733. The molecule has 2 fully saturated rings. The lowest BCUT2D eigenvalue weighted by atomic mass is 9.81. The largest absolute Gasteiger partial charge is 0.487 e. The van der Waals surface area contributed by atoms with Gasteiger partial charge in [0.2, 0.25) is 0 Å². The van der Waals surface area contributed by atoms with E-state index in [0.717, 1.165) is 38.9 Å². The second kappa shape index (κ2) is 5.06. The molecule has 2 aliphatic heterocycles. The van der Waals surface area contributed by atoms with Gasteiger partial charge < -0.3 is 14.7 Å². The fourth-order valence-electron chi connectivity index (χ4n) is 3.36. The number of ether oxygens (including phenoxy) is 1. The summed E-state index contributed by atoms with van der Waals surface area (Å²) < 4.78 is 6.35. The zero-order valence-electron chi connectivity index (χ0n) is 11.0. The average molecular weight is 249 g/mol. The third-order valence-corrected chi connectivity index (χ3v) is 4.56. The van der Waals surface area contributed by atoms with Gasteiger partial charge in [0.05, 0.1) is 6.61 Å². The lowest BCUT2D eigenvalue weighted by molar-refractivity contribution is -0.0644. The van der Waals surface area contributed by atoms with E-state index in [1.54, 1.807) is 0 Å². The van der Waals surface area contributed by atoms with Crippen LogP contribution in [0, 0.1) is 0 Å². The Kier molecular flexibility index (Phi) is 3.44. The van der Waals surface area contributed by atoms with Crippen LogP contribution in [0.3, 0.4) is 0 Å². The first-order valence-electron chi connectivity index (χ1n) is 7.23. The Balaban J connectivity index is 1.64. The third-order valence-electron chi connectivity index (χ3n) is 4.56. The molecule has 1 aliphatic carbocycles. The van der Waals surface area contributed by atoms with Gasteiger partial charge in [-0.25, -0.2) is 0 Å². The molecule has 0 bridgehead atoms. The standard InChI is InChI=1S/C15H23NO2/c17-12-11-16-9-7-15(8-10-16)6-5-13-3-1-2-4-14(13)18-15/h3-4,17H,1-2,5-12H2. The van der Waals surface area contributed by atoms with Crippen LogP contribution in [0.25, 0.3) is 0 Å². The van der Waals surface area contributed by atoms with Gasteiger partial charge in [-0.3, -0.25) is 0 Å². The average Bonchev–Trinajstić information content (AvgIpc) is 2.42. The molecule has 0 aromatic heterocycles. The van der Waals surface area contributed by atoms with E-state index in [-0.39, 0.29) is 12.2 Å². The number of likely N-dealkylation sites (tertiary alicyclic amines) is 1. The zero-order valence-corrected chi connectivity index (χ0v) is 11.0. The van der Waals surface area contributed by atoms with Crippen LogP contribution in [0.4, 0.5) is 0 Å². The van der Waals surface area contributed by atoms with Crippen molar-refractivity contribution in [3.63, 3.8) is 0 Å². The number of aliphatic hydroxyl groups excluding tert-OH is 1. The number of β-amino-alcohol motifs (C(OH)–C–C–N with tert-alkyl or cyclic N) is 1. The van der Waals surface area contributed by atoms with Gasteiger partial charge in [0.15, 0.2) is 0 Å². The Morgan fingerprint density at radius 3 is 2.72 bits per heavy atom. The van der Waals surface area contributed by atoms with Crippen LogP contribution in [0.15, 0.2) is 23.5 Å². The van der Waals surface area contributed by atoms with Crippen molar-refractivity contribution in [2.45, 2.75) is 44.1 Å². The number of aliphatic hydroxyl groups is 1. The van der Waals surface area contributed by atoms with Crippen molar-refractivity contribution in [3.8, 4) is 0 Å². The van der Waals surface area contributed by atoms with Crippen LogP contribution in [0.1, 0.15) is 38.5 Å². The number of nitrogens with zero attached hydrogens (tertiary/aromatic N) is 1. The van der Waals surface area contributed by atoms with E-state index >= 15 is 0 Å². The van der Waals surface area contributed by atoms with Crippen LogP contribution in [0.2, 0.25) is 0 Å². The minimum Gasteiger partial charge on any atom is -0.487 e. The van der Waals surface area contributed by atoms with Crippen molar-refractivity contribution >= 4 is 0 Å². The molecule has 0 unspecified atom stereocenters. The van der Waals surface area contributed by atoms with E-state index in [1.807, 2.05) is 0 Å². The molecule has 3 aliphatic rings. The molecule has 0 aromatic rings. The summed E-state index contributed by atoms with van der Waals surface area (Å²) in [7, 11) is 0. The molecule has 1 spiro atoms. The van der Waals surface area contributed by atoms with Gasteiger partial charge in [-0.15, -0.1) is 0 Å². The fourth-order valence-corrected chi connectivity index (χ4v) is 3.36. The van der Waals surface area contributed by atoms with Crippen LogP contribution in [-0.2, 0) is 4.74 Å². The minimum absolute atomic E-state index is 0.0898. The molecule has 100 valence electrons. The minimum atomic E-state index is 0.0898. The molecule has 18 heavy (non-hydrogen) atoms. The summed E-state index contributed by atoms with van der Waals surface area (Å²) in [6.45, 7) is 3.20. The smallest absolute Gasteiger partial charge is 0.119 e. The highest BCUT2D eigenvalue weighted by Crippen LogP contribution is 2.42. The van der Waals surface area contributed by atoms with E-state index in [1.165, 1.54) is 30.6 Å². The molecule has 0 amide bonds. The van der Waals surface area contributed by atoms with Crippen molar-refractivity contribution in [1.82, 2.24) is 4.90 Å². The van der Waals surface area contributed by atoms with E-state index in [4.69, 9.17) is 9.84 Å². The monoisotopic (exact) mass is 249 g/mol. The van der Waals surface area contributed by atoms with Crippen LogP contribution < -0.4 is 0 Å². The van der Waals surface area contributed by atoms with Crippen molar-refractivity contribution in [1.29, 1.82) is 0 Å². The van der Waals surface area contributed by atoms with Gasteiger partial charge >= 0.3 is 0 Å². The van der Waals surface area contributed by atoms with Gasteiger partial charge in [-0.05, 0) is 50.2 Å². The lowest BCUT2D eigenvalue weighted by Crippen LogP contribution is -2.48. The quantitative estimate of drug-likeness (QED) is 0.814. The molecule has 3 heteroatoms. The summed E-state index contributed by atoms with van der Waals surface area (Å²) in [6, 6.07) is 0. The molecule has 1 N–H and O–H groups in total. The van der Waals surface area contributed by atoms with Crippen LogP contribution in [-0.4, -0.2) is 41.8 Å². The second-order valence-corrected chi connectivity index (χ2v) is 5.73. The predicted molar refractivity (Wildman–Crippen MR) is 71.2 cm³/mol. The highest BCUT2D eigenvalue weighted by Gasteiger charge is 2.40. The normalized spacial score (nSPS) is 27.2. The Hall–Kier alpha value is -0.800. The molecular weight excluding hydrogens is 226 g/mol. The van der Waals surface area contributed by atoms with E-state index in [2.05, 4.69) is 17.1 Å². The molecule has 0 atom stereocenters. The number of allylic oxidation sites excluding steroid dienone is 3. The highest BCUT2D eigenvalue weighted by molar-refractivity contribution is 5.32. The first-order chi connectivity index (χ1) is 8.81. The SMILES string of the molecule is OCCN1CCC2(CCC3=CCCC=C3O2)CC1. The van der Waals surface area contributed by atoms with Crippen molar-refractivity contribution in [2.75, 3.05) is 26.2 Å². The lowest BCUT2D eigenvalue weighted by Gasteiger charge is -2.46. The summed E-state index contributed by atoms with van der Waals surface area (Å²) in [5.41, 5.74) is 1.52. The Labute approximate surface area is 109 Å². The summed E-state index contributed by atoms with van der Waals surface area (Å²) >= 11 is 0. The van der Waals surface area contributed by atoms with Crippen LogP contribution in [0.5, 0.6) is 0 Å². The topological polar surface area (TPSA) is 32.7 Å².